The molecule has 3 rings (SSSR count). The number of carbonyl (C=O) groups is 1. The van der Waals surface area contributed by atoms with Gasteiger partial charge in [0.15, 0.2) is 0 Å². The number of nitrogens with one attached hydrogen (secondary N) is 1. The highest BCUT2D eigenvalue weighted by atomic mass is 16.5. The van der Waals surface area contributed by atoms with Crippen LogP contribution >= 0.6 is 0 Å². The van der Waals surface area contributed by atoms with Crippen LogP contribution in [0.25, 0.3) is 0 Å². The van der Waals surface area contributed by atoms with Gasteiger partial charge in [-0.3, -0.25) is 10.0 Å². The van der Waals surface area contributed by atoms with Crippen LogP contribution in [0.1, 0.15) is 22.3 Å². The van der Waals surface area contributed by atoms with Gasteiger partial charge in [-0.2, -0.15) is 0 Å². The quantitative estimate of drug-likeness (QED) is 0.676. The molecular weight excluding hydrogens is 290 g/mol. The minimum atomic E-state index is -0.471. The Balaban J connectivity index is 1.94. The molecule has 1 amide bonds. The Kier molecular flexibility index (Phi) is 4.48. The zero-order valence-corrected chi connectivity index (χ0v) is 13.2. The summed E-state index contributed by atoms with van der Waals surface area (Å²) in [7, 11) is 2.11. The first-order valence-corrected chi connectivity index (χ1v) is 7.78. The van der Waals surface area contributed by atoms with Crippen molar-refractivity contribution in [2.45, 2.75) is 13.0 Å². The average molecular weight is 311 g/mol. The highest BCUT2D eigenvalue weighted by Crippen LogP contribution is 2.32. The molecule has 0 saturated heterocycles. The number of anilines is 2. The lowest BCUT2D eigenvalue weighted by molar-refractivity contribution is 0.0705. The molecule has 0 spiro atoms. The van der Waals surface area contributed by atoms with Gasteiger partial charge in [0.05, 0.1) is 11.4 Å². The maximum Gasteiger partial charge on any atom is 0.274 e. The minimum Gasteiger partial charge on any atom is -0.373 e. The number of carbonyl (C=O) groups excluding carboxylic acids is 1. The third kappa shape index (κ3) is 3.14. The smallest absolute Gasteiger partial charge is 0.274 e. The summed E-state index contributed by atoms with van der Waals surface area (Å²) in [5.41, 5.74) is 5.51. The summed E-state index contributed by atoms with van der Waals surface area (Å²) in [4.78, 5) is 16.4. The summed E-state index contributed by atoms with van der Waals surface area (Å²) >= 11 is 0. The van der Waals surface area contributed by atoms with Gasteiger partial charge in [0.25, 0.3) is 5.91 Å². The van der Waals surface area contributed by atoms with Crippen molar-refractivity contribution >= 4 is 17.3 Å². The molecule has 2 aromatic carbocycles. The van der Waals surface area contributed by atoms with Crippen LogP contribution < -0.4 is 15.3 Å². The third-order valence-corrected chi connectivity index (χ3v) is 4.28. The number of fused-ring (bicyclic) bond motifs is 1. The number of nitrogens with zero attached hydrogens (tertiary/aromatic N) is 2. The van der Waals surface area contributed by atoms with E-state index < -0.39 is 5.91 Å². The SMILES string of the molecule is CN1CCCN(Cc2ccccc2C(=O)NO)c2ccccc21. The van der Waals surface area contributed by atoms with Crippen LogP contribution in [0.2, 0.25) is 0 Å². The Morgan fingerprint density at radius 2 is 1.78 bits per heavy atom. The molecule has 1 aliphatic rings. The topological polar surface area (TPSA) is 55.8 Å². The zero-order valence-electron chi connectivity index (χ0n) is 13.2. The van der Waals surface area contributed by atoms with Gasteiger partial charge in [-0.25, -0.2) is 5.48 Å². The van der Waals surface area contributed by atoms with Crippen molar-refractivity contribution in [3.05, 3.63) is 59.7 Å². The number of benzene rings is 2. The lowest BCUT2D eigenvalue weighted by Gasteiger charge is -2.26. The van der Waals surface area contributed by atoms with Crippen molar-refractivity contribution in [3.8, 4) is 0 Å². The Bertz CT molecular complexity index is 702. The molecule has 0 atom stereocenters. The molecular formula is C18H21N3O2. The Hall–Kier alpha value is -2.53. The van der Waals surface area contributed by atoms with Gasteiger partial charge in [-0.05, 0) is 30.2 Å². The third-order valence-electron chi connectivity index (χ3n) is 4.28. The van der Waals surface area contributed by atoms with Crippen molar-refractivity contribution in [1.29, 1.82) is 0 Å². The van der Waals surface area contributed by atoms with E-state index in [4.69, 9.17) is 5.21 Å². The van der Waals surface area contributed by atoms with Crippen molar-refractivity contribution < 1.29 is 10.0 Å². The van der Waals surface area contributed by atoms with Crippen molar-refractivity contribution in [2.75, 3.05) is 29.9 Å². The Morgan fingerprint density at radius 1 is 1.09 bits per heavy atom. The van der Waals surface area contributed by atoms with Crippen LogP contribution in [-0.4, -0.2) is 31.3 Å². The largest absolute Gasteiger partial charge is 0.373 e. The fourth-order valence-electron chi connectivity index (χ4n) is 3.10. The number of rotatable bonds is 3. The highest BCUT2D eigenvalue weighted by molar-refractivity contribution is 5.95. The molecule has 1 aliphatic heterocycles. The maximum absolute atomic E-state index is 11.9. The minimum absolute atomic E-state index is 0.471. The monoisotopic (exact) mass is 311 g/mol. The molecule has 120 valence electrons. The predicted octanol–water partition coefficient (Wildman–Crippen LogP) is 2.65. The van der Waals surface area contributed by atoms with Gasteiger partial charge in [0.1, 0.15) is 0 Å². The molecule has 0 aromatic heterocycles. The predicted molar refractivity (Wildman–Crippen MR) is 91.1 cm³/mol. The first-order chi connectivity index (χ1) is 11.2. The van der Waals surface area contributed by atoms with Crippen LogP contribution in [0.15, 0.2) is 48.5 Å². The molecule has 2 N–H and O–H groups in total. The van der Waals surface area contributed by atoms with Gasteiger partial charge < -0.3 is 9.80 Å². The van der Waals surface area contributed by atoms with E-state index in [9.17, 15) is 4.79 Å². The van der Waals surface area contributed by atoms with Crippen molar-refractivity contribution in [1.82, 2.24) is 5.48 Å². The summed E-state index contributed by atoms with van der Waals surface area (Å²) in [6.07, 6.45) is 1.06. The summed E-state index contributed by atoms with van der Waals surface area (Å²) in [5, 5.41) is 8.94. The normalized spacial score (nSPS) is 14.2. The summed E-state index contributed by atoms with van der Waals surface area (Å²) < 4.78 is 0. The molecule has 0 aliphatic carbocycles. The van der Waals surface area contributed by atoms with E-state index in [1.807, 2.05) is 24.3 Å². The number of hydroxylamine groups is 1. The first kappa shape index (κ1) is 15.4. The Morgan fingerprint density at radius 3 is 2.57 bits per heavy atom. The van der Waals surface area contributed by atoms with E-state index in [1.165, 1.54) is 11.4 Å². The first-order valence-electron chi connectivity index (χ1n) is 7.78. The molecule has 2 aromatic rings. The second kappa shape index (κ2) is 6.71. The van der Waals surface area contributed by atoms with E-state index >= 15 is 0 Å². The van der Waals surface area contributed by atoms with Crippen molar-refractivity contribution in [3.63, 3.8) is 0 Å². The fourth-order valence-corrected chi connectivity index (χ4v) is 3.10. The van der Waals surface area contributed by atoms with Gasteiger partial charge in [0.2, 0.25) is 0 Å². The van der Waals surface area contributed by atoms with Crippen LogP contribution in [0, 0.1) is 0 Å². The molecule has 0 saturated carbocycles. The maximum atomic E-state index is 11.9. The second-order valence-electron chi connectivity index (χ2n) is 5.78. The van der Waals surface area contributed by atoms with Crippen LogP contribution in [0.5, 0.6) is 0 Å². The zero-order chi connectivity index (χ0) is 16.2. The molecule has 0 fully saturated rings. The molecule has 0 unspecified atom stereocenters. The van der Waals surface area contributed by atoms with Gasteiger partial charge in [-0.1, -0.05) is 30.3 Å². The number of hydrogen-bond donors (Lipinski definition) is 2. The fraction of sp³-hybridized carbons (Fsp3) is 0.278. The second-order valence-corrected chi connectivity index (χ2v) is 5.78. The Labute approximate surface area is 136 Å². The van der Waals surface area contributed by atoms with E-state index in [1.54, 1.807) is 17.6 Å². The summed E-state index contributed by atoms with van der Waals surface area (Å²) in [6.45, 7) is 2.57. The van der Waals surface area contributed by atoms with Crippen LogP contribution in [0.3, 0.4) is 0 Å². The molecule has 5 nitrogen and oxygen atoms in total. The average Bonchev–Trinajstić information content (AvgIpc) is 2.75. The molecule has 1 heterocycles. The van der Waals surface area contributed by atoms with Crippen molar-refractivity contribution in [2.24, 2.45) is 0 Å². The highest BCUT2D eigenvalue weighted by Gasteiger charge is 2.20. The molecule has 0 radical (unpaired) electrons. The van der Waals surface area contributed by atoms with E-state index in [-0.39, 0.29) is 0 Å². The lowest BCUT2D eigenvalue weighted by atomic mass is 10.1. The van der Waals surface area contributed by atoms with Gasteiger partial charge >= 0.3 is 0 Å². The summed E-state index contributed by atoms with van der Waals surface area (Å²) in [5.74, 6) is -0.471. The van der Waals surface area contributed by atoms with Gasteiger partial charge in [-0.15, -0.1) is 0 Å². The van der Waals surface area contributed by atoms with E-state index in [2.05, 4.69) is 29.0 Å². The molecule has 23 heavy (non-hydrogen) atoms. The number of amides is 1. The molecule has 0 bridgehead atoms. The van der Waals surface area contributed by atoms with Crippen LogP contribution in [0.4, 0.5) is 11.4 Å². The van der Waals surface area contributed by atoms with Gasteiger partial charge in [0, 0.05) is 32.2 Å². The summed E-state index contributed by atoms with van der Waals surface area (Å²) in [6, 6.07) is 15.7. The molecule has 5 heteroatoms. The van der Waals surface area contributed by atoms with E-state index in [0.29, 0.717) is 12.1 Å². The number of para-hydroxylation sites is 2. The number of hydrogen-bond acceptors (Lipinski definition) is 4. The standard InChI is InChI=1S/C18H21N3O2/c1-20-11-6-12-21(17-10-5-4-9-16(17)20)13-14-7-2-3-8-15(14)18(22)19-23/h2-5,7-10,23H,6,11-13H2,1H3,(H,19,22). The lowest BCUT2D eigenvalue weighted by Crippen LogP contribution is -2.26. The van der Waals surface area contributed by atoms with Crippen LogP contribution in [-0.2, 0) is 6.54 Å². The van der Waals surface area contributed by atoms with E-state index in [0.717, 1.165) is 25.1 Å².